The largest absolute Gasteiger partial charge is 0.485 e. The van der Waals surface area contributed by atoms with Crippen LogP contribution in [0, 0.1) is 0 Å². The molecule has 128 valence electrons. The van der Waals surface area contributed by atoms with E-state index in [2.05, 4.69) is 15.1 Å². The number of rotatable bonds is 2. The normalized spacial score (nSPS) is 16.9. The van der Waals surface area contributed by atoms with Crippen LogP contribution in [-0.4, -0.2) is 26.2 Å². The van der Waals surface area contributed by atoms with Crippen LogP contribution < -0.4 is 19.6 Å². The molecule has 0 radical (unpaired) electrons. The van der Waals surface area contributed by atoms with E-state index in [4.69, 9.17) is 9.47 Å². The summed E-state index contributed by atoms with van der Waals surface area (Å²) in [7, 11) is 0. The quantitative estimate of drug-likeness (QED) is 0.538. The highest BCUT2D eigenvalue weighted by molar-refractivity contribution is 7.15. The molecule has 0 aliphatic carbocycles. The number of para-hydroxylation sites is 2. The molecule has 1 aromatic carbocycles. The average molecular weight is 364 g/mol. The summed E-state index contributed by atoms with van der Waals surface area (Å²) in [6.07, 6.45) is 4.73. The molecule has 0 saturated carbocycles. The molecule has 26 heavy (non-hydrogen) atoms. The van der Waals surface area contributed by atoms with Crippen molar-refractivity contribution in [1.82, 2.24) is 19.6 Å². The molecule has 8 heteroatoms. The van der Waals surface area contributed by atoms with Gasteiger partial charge in [-0.2, -0.15) is 9.50 Å². The molecule has 3 aromatic heterocycles. The molecule has 1 atom stereocenters. The second kappa shape index (κ2) is 5.92. The number of benzene rings is 1. The highest BCUT2D eigenvalue weighted by atomic mass is 32.1. The number of aromatic nitrogens is 4. The minimum absolute atomic E-state index is 0.204. The SMILES string of the molecule is O=c1c(=Cc2cccnc2)sc2nc(C3COc4ccccc4O3)nn12. The number of fused-ring (bicyclic) bond motifs is 2. The van der Waals surface area contributed by atoms with E-state index in [9.17, 15) is 4.79 Å². The summed E-state index contributed by atoms with van der Waals surface area (Å²) >= 11 is 1.29. The van der Waals surface area contributed by atoms with Gasteiger partial charge in [0.05, 0.1) is 4.53 Å². The fourth-order valence-electron chi connectivity index (χ4n) is 2.74. The Morgan fingerprint density at radius 3 is 2.88 bits per heavy atom. The highest BCUT2D eigenvalue weighted by Gasteiger charge is 2.26. The third-order valence-corrected chi connectivity index (χ3v) is 4.94. The highest BCUT2D eigenvalue weighted by Crippen LogP contribution is 2.35. The van der Waals surface area contributed by atoms with Crippen molar-refractivity contribution in [2.24, 2.45) is 0 Å². The smallest absolute Gasteiger partial charge is 0.291 e. The zero-order valence-corrected chi connectivity index (χ0v) is 14.2. The van der Waals surface area contributed by atoms with Gasteiger partial charge >= 0.3 is 0 Å². The molecule has 1 aliphatic rings. The van der Waals surface area contributed by atoms with Crippen molar-refractivity contribution in [2.75, 3.05) is 6.61 Å². The fraction of sp³-hybridized carbons (Fsp3) is 0.111. The molecule has 4 heterocycles. The van der Waals surface area contributed by atoms with E-state index in [0.29, 0.717) is 33.4 Å². The van der Waals surface area contributed by atoms with Gasteiger partial charge in [0.1, 0.15) is 6.61 Å². The third kappa shape index (κ3) is 2.51. The van der Waals surface area contributed by atoms with E-state index in [1.807, 2.05) is 36.4 Å². The Morgan fingerprint density at radius 2 is 2.08 bits per heavy atom. The summed E-state index contributed by atoms with van der Waals surface area (Å²) in [4.78, 5) is 21.6. The summed E-state index contributed by atoms with van der Waals surface area (Å²) in [5.41, 5.74) is 0.652. The Morgan fingerprint density at radius 1 is 1.19 bits per heavy atom. The van der Waals surface area contributed by atoms with Gasteiger partial charge in [0.25, 0.3) is 5.56 Å². The van der Waals surface area contributed by atoms with Crippen LogP contribution in [-0.2, 0) is 0 Å². The Kier molecular flexibility index (Phi) is 3.42. The van der Waals surface area contributed by atoms with Gasteiger partial charge in [0, 0.05) is 12.4 Å². The average Bonchev–Trinajstić information content (AvgIpc) is 3.22. The van der Waals surface area contributed by atoms with Crippen LogP contribution in [0.1, 0.15) is 17.5 Å². The topological polar surface area (TPSA) is 78.6 Å². The van der Waals surface area contributed by atoms with Crippen LogP contribution in [0.25, 0.3) is 11.0 Å². The predicted molar refractivity (Wildman–Crippen MR) is 95.5 cm³/mol. The number of hydrogen-bond acceptors (Lipinski definition) is 7. The van der Waals surface area contributed by atoms with Gasteiger partial charge < -0.3 is 9.47 Å². The lowest BCUT2D eigenvalue weighted by molar-refractivity contribution is 0.0852. The lowest BCUT2D eigenvalue weighted by atomic mass is 10.2. The van der Waals surface area contributed by atoms with Crippen LogP contribution in [0.3, 0.4) is 0 Å². The third-order valence-electron chi connectivity index (χ3n) is 3.98. The first-order valence-electron chi connectivity index (χ1n) is 7.98. The fourth-order valence-corrected chi connectivity index (χ4v) is 3.66. The molecule has 7 nitrogen and oxygen atoms in total. The van der Waals surface area contributed by atoms with E-state index in [1.54, 1.807) is 18.5 Å². The number of nitrogens with zero attached hydrogens (tertiary/aromatic N) is 4. The molecule has 0 fully saturated rings. The molecule has 4 aromatic rings. The van der Waals surface area contributed by atoms with E-state index in [-0.39, 0.29) is 5.56 Å². The van der Waals surface area contributed by atoms with Crippen molar-refractivity contribution in [3.05, 3.63) is 75.1 Å². The van der Waals surface area contributed by atoms with Crippen LogP contribution >= 0.6 is 11.3 Å². The maximum Gasteiger partial charge on any atom is 0.291 e. The second-order valence-corrected chi connectivity index (χ2v) is 6.74. The first kappa shape index (κ1) is 15.0. The lowest BCUT2D eigenvalue weighted by Crippen LogP contribution is -2.26. The van der Waals surface area contributed by atoms with Crippen molar-refractivity contribution in [3.63, 3.8) is 0 Å². The molecular weight excluding hydrogens is 352 g/mol. The van der Waals surface area contributed by atoms with Gasteiger partial charge in [-0.1, -0.05) is 29.5 Å². The zero-order chi connectivity index (χ0) is 17.5. The Labute approximate surface area is 151 Å². The predicted octanol–water partition coefficient (Wildman–Crippen LogP) is 1.61. The van der Waals surface area contributed by atoms with E-state index < -0.39 is 6.10 Å². The monoisotopic (exact) mass is 364 g/mol. The second-order valence-electron chi connectivity index (χ2n) is 5.73. The van der Waals surface area contributed by atoms with Crippen LogP contribution in [0.15, 0.2) is 53.6 Å². The van der Waals surface area contributed by atoms with Crippen molar-refractivity contribution in [3.8, 4) is 11.5 Å². The Hall–Kier alpha value is -3.26. The number of thiazole rings is 1. The standard InChI is InChI=1S/C18H12N4O3S/c23-17-15(8-11-4-3-7-19-9-11)26-18-20-16(21-22(17)18)14-10-24-12-5-1-2-6-13(12)25-14/h1-9,14H,10H2. The summed E-state index contributed by atoms with van der Waals surface area (Å²) in [6, 6.07) is 11.2. The summed E-state index contributed by atoms with van der Waals surface area (Å²) in [5, 5.41) is 4.33. The van der Waals surface area contributed by atoms with Crippen molar-refractivity contribution in [2.45, 2.75) is 6.10 Å². The molecule has 0 N–H and O–H groups in total. The van der Waals surface area contributed by atoms with E-state index >= 15 is 0 Å². The molecule has 0 saturated heterocycles. The minimum Gasteiger partial charge on any atom is -0.485 e. The number of hydrogen-bond donors (Lipinski definition) is 0. The van der Waals surface area contributed by atoms with E-state index in [1.165, 1.54) is 15.9 Å². The molecular formula is C18H12N4O3S. The van der Waals surface area contributed by atoms with Gasteiger partial charge in [0.15, 0.2) is 23.4 Å². The molecule has 0 amide bonds. The maximum absolute atomic E-state index is 12.6. The molecule has 0 spiro atoms. The molecule has 5 rings (SSSR count). The first-order valence-corrected chi connectivity index (χ1v) is 8.79. The van der Waals surface area contributed by atoms with Gasteiger partial charge in [0.2, 0.25) is 4.96 Å². The van der Waals surface area contributed by atoms with Crippen LogP contribution in [0.4, 0.5) is 0 Å². The Balaban J connectivity index is 1.51. The first-order chi connectivity index (χ1) is 12.8. The van der Waals surface area contributed by atoms with E-state index in [0.717, 1.165) is 5.56 Å². The minimum atomic E-state index is -0.442. The zero-order valence-electron chi connectivity index (χ0n) is 13.4. The van der Waals surface area contributed by atoms with Crippen molar-refractivity contribution in [1.29, 1.82) is 0 Å². The van der Waals surface area contributed by atoms with Crippen LogP contribution in [0.5, 0.6) is 11.5 Å². The number of pyridine rings is 1. The lowest BCUT2D eigenvalue weighted by Gasteiger charge is -2.24. The van der Waals surface area contributed by atoms with Crippen LogP contribution in [0.2, 0.25) is 0 Å². The van der Waals surface area contributed by atoms with Gasteiger partial charge in [-0.15, -0.1) is 5.10 Å². The van der Waals surface area contributed by atoms with Gasteiger partial charge in [-0.05, 0) is 29.8 Å². The van der Waals surface area contributed by atoms with Crippen molar-refractivity contribution < 1.29 is 9.47 Å². The maximum atomic E-state index is 12.6. The summed E-state index contributed by atoms with van der Waals surface area (Å²) in [6.45, 7) is 0.303. The number of ether oxygens (including phenoxy) is 2. The van der Waals surface area contributed by atoms with Crippen molar-refractivity contribution >= 4 is 22.4 Å². The molecule has 1 unspecified atom stereocenters. The summed E-state index contributed by atoms with van der Waals surface area (Å²) in [5.74, 6) is 1.79. The van der Waals surface area contributed by atoms with Gasteiger partial charge in [-0.3, -0.25) is 9.78 Å². The molecule has 0 bridgehead atoms. The summed E-state index contributed by atoms with van der Waals surface area (Å²) < 4.78 is 13.5. The molecule has 1 aliphatic heterocycles. The van der Waals surface area contributed by atoms with Gasteiger partial charge in [-0.25, -0.2) is 0 Å². The Bertz CT molecular complexity index is 1200.